The van der Waals surface area contributed by atoms with E-state index in [0.29, 0.717) is 5.13 Å². The number of anilines is 1. The third-order valence-electron chi connectivity index (χ3n) is 3.39. The van der Waals surface area contributed by atoms with Crippen LogP contribution in [0.5, 0.6) is 0 Å². The first-order valence-electron chi connectivity index (χ1n) is 6.54. The van der Waals surface area contributed by atoms with Crippen LogP contribution in [0.3, 0.4) is 0 Å². The van der Waals surface area contributed by atoms with Crippen molar-refractivity contribution in [3.63, 3.8) is 0 Å². The fourth-order valence-electron chi connectivity index (χ4n) is 2.33. The number of aromatic nitrogens is 1. The zero-order valence-electron chi connectivity index (χ0n) is 11.4. The van der Waals surface area contributed by atoms with E-state index in [-0.39, 0.29) is 29.0 Å². The molecule has 1 amide bonds. The maximum absolute atomic E-state index is 13.7. The summed E-state index contributed by atoms with van der Waals surface area (Å²) in [6.07, 6.45) is 2.47. The number of carbonyl (C=O) groups excluding carboxylic acids is 1. The van der Waals surface area contributed by atoms with Crippen LogP contribution in [0.25, 0.3) is 0 Å². The van der Waals surface area contributed by atoms with Crippen LogP contribution in [-0.2, 0) is 12.8 Å². The number of amides is 1. The predicted octanol–water partition coefficient (Wildman–Crippen LogP) is 3.43. The maximum atomic E-state index is 13.7. The van der Waals surface area contributed by atoms with Crippen LogP contribution < -0.4 is 11.1 Å². The fourth-order valence-corrected chi connectivity index (χ4v) is 3.67. The summed E-state index contributed by atoms with van der Waals surface area (Å²) in [4.78, 5) is 17.6. The highest BCUT2D eigenvalue weighted by Gasteiger charge is 2.22. The van der Waals surface area contributed by atoms with E-state index in [2.05, 4.69) is 10.3 Å². The zero-order valence-corrected chi connectivity index (χ0v) is 13.8. The molecule has 2 aromatic rings. The van der Waals surface area contributed by atoms with E-state index in [4.69, 9.17) is 17.3 Å². The lowest BCUT2D eigenvalue weighted by Gasteiger charge is -2.15. The van der Waals surface area contributed by atoms with Gasteiger partial charge in [-0.1, -0.05) is 17.7 Å². The SMILES string of the molecule is Cl.N[C@H]1CCc2nc(NC(=O)c3c(F)cccc3Cl)sc2C1. The minimum Gasteiger partial charge on any atom is -0.327 e. The average Bonchev–Trinajstić information content (AvgIpc) is 2.79. The van der Waals surface area contributed by atoms with Crippen LogP contribution in [0.15, 0.2) is 18.2 Å². The molecule has 0 saturated carbocycles. The van der Waals surface area contributed by atoms with Crippen molar-refractivity contribution in [2.24, 2.45) is 5.73 Å². The van der Waals surface area contributed by atoms with E-state index in [1.165, 1.54) is 29.5 Å². The Morgan fingerprint density at radius 2 is 2.27 bits per heavy atom. The Morgan fingerprint density at radius 1 is 1.50 bits per heavy atom. The van der Waals surface area contributed by atoms with Gasteiger partial charge in [-0.2, -0.15) is 0 Å². The van der Waals surface area contributed by atoms with Crippen molar-refractivity contribution in [3.8, 4) is 0 Å². The normalized spacial score (nSPS) is 16.6. The zero-order chi connectivity index (χ0) is 15.0. The molecule has 1 aliphatic rings. The van der Waals surface area contributed by atoms with Crippen LogP contribution in [-0.4, -0.2) is 16.9 Å². The molecular formula is C14H14Cl2FN3OS. The molecule has 4 nitrogen and oxygen atoms in total. The first-order chi connectivity index (χ1) is 10.0. The van der Waals surface area contributed by atoms with E-state index in [9.17, 15) is 9.18 Å². The van der Waals surface area contributed by atoms with Gasteiger partial charge in [0.15, 0.2) is 5.13 Å². The molecule has 0 saturated heterocycles. The summed E-state index contributed by atoms with van der Waals surface area (Å²) in [6.45, 7) is 0. The Hall–Kier alpha value is -1.21. The van der Waals surface area contributed by atoms with E-state index in [1.54, 1.807) is 0 Å². The van der Waals surface area contributed by atoms with Gasteiger partial charge >= 0.3 is 0 Å². The second-order valence-corrected chi connectivity index (χ2v) is 6.43. The van der Waals surface area contributed by atoms with Crippen LogP contribution >= 0.6 is 35.3 Å². The molecule has 0 radical (unpaired) electrons. The number of aryl methyl sites for hydroxylation is 1. The maximum Gasteiger partial charge on any atom is 0.261 e. The molecule has 22 heavy (non-hydrogen) atoms. The van der Waals surface area contributed by atoms with Gasteiger partial charge in [-0.3, -0.25) is 10.1 Å². The molecule has 118 valence electrons. The summed E-state index contributed by atoms with van der Waals surface area (Å²) in [5.41, 5.74) is 6.72. The molecule has 0 unspecified atom stereocenters. The first kappa shape index (κ1) is 17.1. The lowest BCUT2D eigenvalue weighted by molar-refractivity contribution is 0.102. The summed E-state index contributed by atoms with van der Waals surface area (Å²) in [5, 5.41) is 3.15. The number of benzene rings is 1. The summed E-state index contributed by atoms with van der Waals surface area (Å²) in [5.74, 6) is -1.24. The Kier molecular flexibility index (Phi) is 5.39. The third-order valence-corrected chi connectivity index (χ3v) is 4.74. The van der Waals surface area contributed by atoms with E-state index in [0.717, 1.165) is 29.8 Å². The molecule has 1 aliphatic carbocycles. The van der Waals surface area contributed by atoms with Gasteiger partial charge in [-0.25, -0.2) is 9.37 Å². The predicted molar refractivity (Wildman–Crippen MR) is 88.7 cm³/mol. The molecule has 0 bridgehead atoms. The summed E-state index contributed by atoms with van der Waals surface area (Å²) < 4.78 is 13.7. The second-order valence-electron chi connectivity index (χ2n) is 4.94. The molecule has 1 atom stereocenters. The van der Waals surface area contributed by atoms with Crippen LogP contribution in [0.4, 0.5) is 9.52 Å². The molecule has 0 fully saturated rings. The van der Waals surface area contributed by atoms with E-state index < -0.39 is 11.7 Å². The largest absolute Gasteiger partial charge is 0.327 e. The number of hydrogen-bond acceptors (Lipinski definition) is 4. The van der Waals surface area contributed by atoms with Gasteiger partial charge in [0.2, 0.25) is 0 Å². The van der Waals surface area contributed by atoms with Gasteiger partial charge in [0.1, 0.15) is 5.82 Å². The number of nitrogens with one attached hydrogen (secondary N) is 1. The van der Waals surface area contributed by atoms with Gasteiger partial charge in [0.05, 0.1) is 16.3 Å². The highest BCUT2D eigenvalue weighted by molar-refractivity contribution is 7.15. The average molecular weight is 362 g/mol. The Balaban J connectivity index is 0.00000176. The van der Waals surface area contributed by atoms with Crippen LogP contribution in [0.1, 0.15) is 27.3 Å². The Labute approximate surface area is 142 Å². The summed E-state index contributed by atoms with van der Waals surface area (Å²) in [7, 11) is 0. The van der Waals surface area contributed by atoms with Gasteiger partial charge < -0.3 is 5.73 Å². The highest BCUT2D eigenvalue weighted by atomic mass is 35.5. The number of halogens is 3. The molecule has 1 aromatic carbocycles. The monoisotopic (exact) mass is 361 g/mol. The molecule has 1 heterocycles. The van der Waals surface area contributed by atoms with Gasteiger partial charge in [0.25, 0.3) is 5.91 Å². The van der Waals surface area contributed by atoms with Crippen molar-refractivity contribution < 1.29 is 9.18 Å². The topological polar surface area (TPSA) is 68.0 Å². The van der Waals surface area contributed by atoms with Crippen molar-refractivity contribution in [3.05, 3.63) is 45.2 Å². The van der Waals surface area contributed by atoms with Crippen molar-refractivity contribution in [1.82, 2.24) is 4.98 Å². The van der Waals surface area contributed by atoms with Crippen molar-refractivity contribution in [2.45, 2.75) is 25.3 Å². The van der Waals surface area contributed by atoms with E-state index >= 15 is 0 Å². The van der Waals surface area contributed by atoms with Gasteiger partial charge in [-0.15, -0.1) is 23.7 Å². The number of nitrogens with two attached hydrogens (primary N) is 1. The minimum atomic E-state index is -0.650. The minimum absolute atomic E-state index is 0. The van der Waals surface area contributed by atoms with Crippen LogP contribution in [0.2, 0.25) is 5.02 Å². The van der Waals surface area contributed by atoms with Gasteiger partial charge in [0, 0.05) is 10.9 Å². The summed E-state index contributed by atoms with van der Waals surface area (Å²) >= 11 is 7.26. The third kappa shape index (κ3) is 3.41. The smallest absolute Gasteiger partial charge is 0.261 e. The molecule has 8 heteroatoms. The van der Waals surface area contributed by atoms with Crippen LogP contribution in [0, 0.1) is 5.82 Å². The lowest BCUT2D eigenvalue weighted by atomic mass is 9.99. The van der Waals surface area contributed by atoms with Crippen molar-refractivity contribution in [1.29, 1.82) is 0 Å². The lowest BCUT2D eigenvalue weighted by Crippen LogP contribution is -2.27. The molecule has 3 N–H and O–H groups in total. The highest BCUT2D eigenvalue weighted by Crippen LogP contribution is 2.30. The fraction of sp³-hybridized carbons (Fsp3) is 0.286. The second kappa shape index (κ2) is 6.91. The number of thiazole rings is 1. The Morgan fingerprint density at radius 3 is 3.00 bits per heavy atom. The van der Waals surface area contributed by atoms with E-state index in [1.807, 2.05) is 0 Å². The molecule has 1 aromatic heterocycles. The molecular weight excluding hydrogens is 348 g/mol. The van der Waals surface area contributed by atoms with Gasteiger partial charge in [-0.05, 0) is 31.4 Å². The molecule has 3 rings (SSSR count). The first-order valence-corrected chi connectivity index (χ1v) is 7.73. The van der Waals surface area contributed by atoms with Crippen molar-refractivity contribution >= 4 is 46.4 Å². The summed E-state index contributed by atoms with van der Waals surface area (Å²) in [6, 6.07) is 4.28. The number of fused-ring (bicyclic) bond motifs is 1. The number of hydrogen-bond donors (Lipinski definition) is 2. The number of carbonyl (C=O) groups is 1. The molecule has 0 aliphatic heterocycles. The van der Waals surface area contributed by atoms with Crippen molar-refractivity contribution in [2.75, 3.05) is 5.32 Å². The Bertz CT molecular complexity index is 687. The molecule has 0 spiro atoms. The number of nitrogens with zero attached hydrogens (tertiary/aromatic N) is 1. The standard InChI is InChI=1S/C14H13ClFN3OS.ClH/c15-8-2-1-3-9(16)12(8)13(20)19-14-18-10-5-4-7(17)6-11(10)21-14;/h1-3,7H,4-6,17H2,(H,18,19,20);1H/t7-;/m0./s1. The number of rotatable bonds is 2. The quantitative estimate of drug-likeness (QED) is 0.860.